The highest BCUT2D eigenvalue weighted by Crippen LogP contribution is 2.34. The summed E-state index contributed by atoms with van der Waals surface area (Å²) in [5.74, 6) is 0.363. The monoisotopic (exact) mass is 642 g/mol. The Balaban J connectivity index is 1.38. The fraction of sp³-hybridized carbons (Fsp3) is 0.355. The summed E-state index contributed by atoms with van der Waals surface area (Å²) in [4.78, 5) is 29.5. The summed E-state index contributed by atoms with van der Waals surface area (Å²) < 4.78 is 58.9. The van der Waals surface area contributed by atoms with Gasteiger partial charge in [-0.15, -0.1) is 0 Å². The maximum atomic E-state index is 13.5. The third kappa shape index (κ3) is 7.40. The first-order chi connectivity index (χ1) is 21.4. The van der Waals surface area contributed by atoms with Crippen molar-refractivity contribution in [2.45, 2.75) is 37.3 Å². The minimum atomic E-state index is -4.05. The van der Waals surface area contributed by atoms with Gasteiger partial charge in [0.05, 0.1) is 30.5 Å². The average Bonchev–Trinajstić information content (AvgIpc) is 3.48. The van der Waals surface area contributed by atoms with Crippen molar-refractivity contribution in [3.63, 3.8) is 0 Å². The number of hydrogen-bond acceptors (Lipinski definition) is 8. The molecule has 5 rings (SSSR count). The lowest BCUT2D eigenvalue weighted by atomic mass is 10.0. The number of nitrogens with zero attached hydrogens (tertiary/aromatic N) is 2. The molecule has 2 heterocycles. The fourth-order valence-corrected chi connectivity index (χ4v) is 6.13. The van der Waals surface area contributed by atoms with Crippen LogP contribution in [-0.4, -0.2) is 80.9 Å². The number of aliphatic hydroxyl groups excluding tert-OH is 1. The van der Waals surface area contributed by atoms with Crippen molar-refractivity contribution >= 4 is 33.3 Å². The number of halogens is 1. The van der Waals surface area contributed by atoms with Crippen LogP contribution in [0.3, 0.4) is 0 Å². The number of sulfonamides is 1. The summed E-state index contributed by atoms with van der Waals surface area (Å²) in [7, 11) is -2.42. The number of likely N-dealkylation sites (N-methyl/N-ethyl adjacent to an activating group) is 1. The van der Waals surface area contributed by atoms with Gasteiger partial charge < -0.3 is 34.4 Å². The predicted molar refractivity (Wildman–Crippen MR) is 163 cm³/mol. The number of urea groups is 1. The molecule has 3 amide bonds. The molecule has 3 atom stereocenters. The molecule has 2 aliphatic heterocycles. The smallest absolute Gasteiger partial charge is 0.321 e. The summed E-state index contributed by atoms with van der Waals surface area (Å²) in [5.41, 5.74) is 1.12. The van der Waals surface area contributed by atoms with Crippen LogP contribution in [-0.2, 0) is 21.2 Å². The molecule has 14 heteroatoms. The van der Waals surface area contributed by atoms with Crippen LogP contribution in [0.5, 0.6) is 17.2 Å². The van der Waals surface area contributed by atoms with E-state index in [0.29, 0.717) is 28.5 Å². The molecule has 3 N–H and O–H groups in total. The lowest BCUT2D eigenvalue weighted by molar-refractivity contribution is -0.134. The first-order valence-corrected chi connectivity index (χ1v) is 15.8. The van der Waals surface area contributed by atoms with Gasteiger partial charge in [-0.05, 0) is 61.5 Å². The van der Waals surface area contributed by atoms with Gasteiger partial charge in [0.15, 0.2) is 11.5 Å². The molecule has 3 aromatic carbocycles. The van der Waals surface area contributed by atoms with Gasteiger partial charge >= 0.3 is 6.03 Å². The van der Waals surface area contributed by atoms with Crippen LogP contribution >= 0.6 is 0 Å². The van der Waals surface area contributed by atoms with Gasteiger partial charge in [0.25, 0.3) is 10.0 Å². The Morgan fingerprint density at radius 3 is 2.49 bits per heavy atom. The third-order valence-corrected chi connectivity index (χ3v) is 9.11. The number of ether oxygens (including phenoxy) is 3. The van der Waals surface area contributed by atoms with Gasteiger partial charge in [-0.3, -0.25) is 9.52 Å². The number of rotatable bonds is 8. The number of carbonyl (C=O) groups excluding carboxylic acids is 2. The number of aliphatic hydroxyl groups is 1. The zero-order valence-electron chi connectivity index (χ0n) is 25.0. The quantitative estimate of drug-likeness (QED) is 0.338. The van der Waals surface area contributed by atoms with Crippen LogP contribution < -0.4 is 24.2 Å². The van der Waals surface area contributed by atoms with E-state index in [2.05, 4.69) is 10.0 Å². The van der Waals surface area contributed by atoms with Gasteiger partial charge in [-0.2, -0.15) is 0 Å². The second-order valence-electron chi connectivity index (χ2n) is 11.1. The number of amides is 3. The highest BCUT2D eigenvalue weighted by atomic mass is 32.2. The minimum absolute atomic E-state index is 0.112. The molecule has 12 nitrogen and oxygen atoms in total. The largest absolute Gasteiger partial charge is 0.488 e. The molecule has 240 valence electrons. The van der Waals surface area contributed by atoms with Crippen molar-refractivity contribution in [2.24, 2.45) is 5.92 Å². The molecule has 0 saturated carbocycles. The van der Waals surface area contributed by atoms with Crippen LogP contribution in [0.2, 0.25) is 0 Å². The number of hydrogen-bond donors (Lipinski definition) is 3. The van der Waals surface area contributed by atoms with Crippen molar-refractivity contribution in [2.75, 3.05) is 43.6 Å². The first-order valence-electron chi connectivity index (χ1n) is 14.3. The van der Waals surface area contributed by atoms with Crippen molar-refractivity contribution in [3.8, 4) is 17.2 Å². The Kier molecular flexibility index (Phi) is 9.34. The highest BCUT2D eigenvalue weighted by Gasteiger charge is 2.32. The first kappa shape index (κ1) is 31.9. The van der Waals surface area contributed by atoms with E-state index in [9.17, 15) is 27.5 Å². The summed E-state index contributed by atoms with van der Waals surface area (Å²) >= 11 is 0. The van der Waals surface area contributed by atoms with Gasteiger partial charge in [-0.25, -0.2) is 17.6 Å². The zero-order chi connectivity index (χ0) is 32.3. The highest BCUT2D eigenvalue weighted by molar-refractivity contribution is 7.92. The molecule has 0 saturated heterocycles. The minimum Gasteiger partial charge on any atom is -0.488 e. The Morgan fingerprint density at radius 2 is 1.76 bits per heavy atom. The standard InChI is InChI=1S/C31H35FN4O8S/c1-19-15-36(20(2)17-37)30(38)13-21-12-24(34-45(40,41)25-8-4-22(32)5-9-25)7-10-26(21)44-29(19)16-35(3)31(39)33-23-6-11-27-28(14-23)43-18-42-27/h4-12,14,19-20,29,34,37H,13,15-18H2,1-3H3,(H,33,39)/t19-,20-,29-/m1/s1. The van der Waals surface area contributed by atoms with E-state index in [1.54, 1.807) is 43.1 Å². The normalized spacial score (nSPS) is 18.5. The van der Waals surface area contributed by atoms with Crippen molar-refractivity contribution in [1.29, 1.82) is 0 Å². The Morgan fingerprint density at radius 1 is 1.07 bits per heavy atom. The van der Waals surface area contributed by atoms with Crippen molar-refractivity contribution < 1.29 is 41.7 Å². The molecule has 0 aliphatic carbocycles. The lowest BCUT2D eigenvalue weighted by Gasteiger charge is -2.34. The maximum absolute atomic E-state index is 13.5. The summed E-state index contributed by atoms with van der Waals surface area (Å²) in [5, 5.41) is 12.7. The average molecular weight is 643 g/mol. The van der Waals surface area contributed by atoms with E-state index in [0.717, 1.165) is 24.3 Å². The molecule has 2 aliphatic rings. The van der Waals surface area contributed by atoms with Gasteiger partial charge in [0.2, 0.25) is 12.7 Å². The fourth-order valence-electron chi connectivity index (χ4n) is 5.08. The predicted octanol–water partition coefficient (Wildman–Crippen LogP) is 3.67. The molecule has 3 aromatic rings. The van der Waals surface area contributed by atoms with Gasteiger partial charge in [-0.1, -0.05) is 6.92 Å². The molecular weight excluding hydrogens is 607 g/mol. The van der Waals surface area contributed by atoms with E-state index < -0.39 is 34.0 Å². The summed E-state index contributed by atoms with van der Waals surface area (Å²) in [6, 6.07) is 13.2. The molecule has 0 unspecified atom stereocenters. The number of carbonyl (C=O) groups is 2. The molecule has 0 spiro atoms. The van der Waals surface area contributed by atoms with Crippen LogP contribution in [0.15, 0.2) is 65.6 Å². The van der Waals surface area contributed by atoms with Gasteiger partial charge in [0.1, 0.15) is 17.7 Å². The Labute approximate surface area is 260 Å². The second-order valence-corrected chi connectivity index (χ2v) is 12.8. The van der Waals surface area contributed by atoms with E-state index >= 15 is 0 Å². The van der Waals surface area contributed by atoms with E-state index in [4.69, 9.17) is 14.2 Å². The van der Waals surface area contributed by atoms with E-state index in [1.807, 2.05) is 6.92 Å². The van der Waals surface area contributed by atoms with Crippen LogP contribution in [0, 0.1) is 11.7 Å². The number of nitrogens with one attached hydrogen (secondary N) is 2. The molecular formula is C31H35FN4O8S. The van der Waals surface area contributed by atoms with Crippen molar-refractivity contribution in [1.82, 2.24) is 9.80 Å². The summed E-state index contributed by atoms with van der Waals surface area (Å²) in [6.45, 7) is 3.88. The zero-order valence-corrected chi connectivity index (χ0v) is 25.8. The second kappa shape index (κ2) is 13.2. The maximum Gasteiger partial charge on any atom is 0.321 e. The SMILES string of the molecule is C[C@@H]1CN([C@H](C)CO)C(=O)Cc2cc(NS(=O)(=O)c3ccc(F)cc3)ccc2O[C@@H]1CN(C)C(=O)Nc1ccc2c(c1)OCO2. The molecule has 45 heavy (non-hydrogen) atoms. The van der Waals surface area contributed by atoms with Crippen LogP contribution in [0.25, 0.3) is 0 Å². The van der Waals surface area contributed by atoms with Gasteiger partial charge in [0, 0.05) is 42.5 Å². The summed E-state index contributed by atoms with van der Waals surface area (Å²) in [6.07, 6.45) is -0.705. The number of benzene rings is 3. The number of fused-ring (bicyclic) bond motifs is 2. The van der Waals surface area contributed by atoms with Crippen molar-refractivity contribution in [3.05, 3.63) is 72.0 Å². The lowest BCUT2D eigenvalue weighted by Crippen LogP contribution is -2.48. The molecule has 0 aromatic heterocycles. The van der Waals surface area contributed by atoms with Crippen LogP contribution in [0.1, 0.15) is 19.4 Å². The topological polar surface area (TPSA) is 147 Å². The Bertz CT molecular complexity index is 1670. The molecule has 0 fully saturated rings. The Hall–Kier alpha value is -4.56. The molecule has 0 bridgehead atoms. The third-order valence-electron chi connectivity index (χ3n) is 7.72. The van der Waals surface area contributed by atoms with E-state index in [-0.39, 0.29) is 55.3 Å². The number of anilines is 2. The molecule has 0 radical (unpaired) electrons. The van der Waals surface area contributed by atoms with Crippen LogP contribution in [0.4, 0.5) is 20.6 Å². The van der Waals surface area contributed by atoms with E-state index in [1.165, 1.54) is 17.0 Å².